The van der Waals surface area contributed by atoms with Gasteiger partial charge in [-0.25, -0.2) is 0 Å². The SMILES string of the molecule is CC1(CN)CCN(C(=O)C(C)(C)c2cccc(C(F)(F)F)c2)C1.Cl. The molecular weight excluding hydrogens is 341 g/mol. The molecule has 1 unspecified atom stereocenters. The molecule has 0 aromatic heterocycles. The molecule has 1 amide bonds. The zero-order valence-corrected chi connectivity index (χ0v) is 14.9. The van der Waals surface area contributed by atoms with E-state index >= 15 is 0 Å². The van der Waals surface area contributed by atoms with Crippen molar-refractivity contribution in [2.24, 2.45) is 11.1 Å². The Bertz CT molecular complexity index is 604. The number of alkyl halides is 3. The molecule has 1 fully saturated rings. The van der Waals surface area contributed by atoms with E-state index in [4.69, 9.17) is 5.73 Å². The van der Waals surface area contributed by atoms with Crippen LogP contribution < -0.4 is 5.73 Å². The lowest BCUT2D eigenvalue weighted by molar-refractivity contribution is -0.138. The highest BCUT2D eigenvalue weighted by molar-refractivity contribution is 5.87. The molecule has 1 aromatic rings. The Labute approximate surface area is 146 Å². The fourth-order valence-electron chi connectivity index (χ4n) is 2.97. The summed E-state index contributed by atoms with van der Waals surface area (Å²) in [5.74, 6) is -0.158. The van der Waals surface area contributed by atoms with E-state index in [0.29, 0.717) is 25.2 Å². The Balaban J connectivity index is 0.00000288. The van der Waals surface area contributed by atoms with Gasteiger partial charge in [0.2, 0.25) is 5.91 Å². The molecule has 1 heterocycles. The maximum Gasteiger partial charge on any atom is 0.416 e. The van der Waals surface area contributed by atoms with Crippen molar-refractivity contribution in [3.8, 4) is 0 Å². The van der Waals surface area contributed by atoms with E-state index in [-0.39, 0.29) is 23.7 Å². The van der Waals surface area contributed by atoms with Crippen LogP contribution in [0.25, 0.3) is 0 Å². The highest BCUT2D eigenvalue weighted by Crippen LogP contribution is 2.36. The molecule has 1 aliphatic rings. The second-order valence-electron chi connectivity index (χ2n) is 7.20. The molecule has 136 valence electrons. The van der Waals surface area contributed by atoms with Gasteiger partial charge in [-0.15, -0.1) is 12.4 Å². The third-order valence-corrected chi connectivity index (χ3v) is 4.78. The highest BCUT2D eigenvalue weighted by Gasteiger charge is 2.41. The van der Waals surface area contributed by atoms with Crippen molar-refractivity contribution in [2.45, 2.75) is 38.8 Å². The summed E-state index contributed by atoms with van der Waals surface area (Å²) in [5.41, 5.74) is 4.27. The number of carbonyl (C=O) groups excluding carboxylic acids is 1. The van der Waals surface area contributed by atoms with Crippen LogP contribution in [0.4, 0.5) is 13.2 Å². The average molecular weight is 365 g/mol. The first-order valence-electron chi connectivity index (χ1n) is 7.67. The maximum absolute atomic E-state index is 12.9. The monoisotopic (exact) mass is 364 g/mol. The molecular formula is C17H24ClF3N2O. The van der Waals surface area contributed by atoms with Gasteiger partial charge in [0.25, 0.3) is 0 Å². The largest absolute Gasteiger partial charge is 0.416 e. The molecule has 0 spiro atoms. The molecule has 0 saturated carbocycles. The van der Waals surface area contributed by atoms with Crippen LogP contribution in [0.2, 0.25) is 0 Å². The van der Waals surface area contributed by atoms with Crippen molar-refractivity contribution in [1.29, 1.82) is 0 Å². The standard InChI is InChI=1S/C17H23F3N2O.ClH/c1-15(2,12-5-4-6-13(9-12)17(18,19)20)14(23)22-8-7-16(3,10-21)11-22;/h4-6,9H,7-8,10-11,21H2,1-3H3;1H. The van der Waals surface area contributed by atoms with Gasteiger partial charge in [0.15, 0.2) is 0 Å². The second kappa shape index (κ2) is 6.92. The molecule has 3 nitrogen and oxygen atoms in total. The number of nitrogens with two attached hydrogens (primary N) is 1. The lowest BCUT2D eigenvalue weighted by Gasteiger charge is -2.31. The minimum absolute atomic E-state index is 0. The van der Waals surface area contributed by atoms with Crippen LogP contribution >= 0.6 is 12.4 Å². The number of nitrogens with zero attached hydrogens (tertiary/aromatic N) is 1. The van der Waals surface area contributed by atoms with E-state index in [1.165, 1.54) is 6.07 Å². The summed E-state index contributed by atoms with van der Waals surface area (Å²) in [6, 6.07) is 5.01. The zero-order valence-electron chi connectivity index (χ0n) is 14.1. The summed E-state index contributed by atoms with van der Waals surface area (Å²) >= 11 is 0. The normalized spacial score (nSPS) is 21.5. The van der Waals surface area contributed by atoms with E-state index < -0.39 is 17.2 Å². The van der Waals surface area contributed by atoms with Gasteiger partial charge >= 0.3 is 6.18 Å². The fourth-order valence-corrected chi connectivity index (χ4v) is 2.97. The number of carbonyl (C=O) groups is 1. The van der Waals surface area contributed by atoms with Crippen LogP contribution in [0.3, 0.4) is 0 Å². The van der Waals surface area contributed by atoms with Crippen molar-refractivity contribution in [1.82, 2.24) is 4.90 Å². The van der Waals surface area contributed by atoms with E-state index in [0.717, 1.165) is 18.6 Å². The highest BCUT2D eigenvalue weighted by atomic mass is 35.5. The summed E-state index contributed by atoms with van der Waals surface area (Å²) in [5, 5.41) is 0. The van der Waals surface area contributed by atoms with Crippen LogP contribution in [-0.4, -0.2) is 30.4 Å². The average Bonchev–Trinajstić information content (AvgIpc) is 2.89. The van der Waals surface area contributed by atoms with Crippen molar-refractivity contribution >= 4 is 18.3 Å². The van der Waals surface area contributed by atoms with Gasteiger partial charge < -0.3 is 10.6 Å². The zero-order chi connectivity index (χ0) is 17.5. The minimum Gasteiger partial charge on any atom is -0.341 e. The number of amides is 1. The van der Waals surface area contributed by atoms with Crippen molar-refractivity contribution < 1.29 is 18.0 Å². The molecule has 1 saturated heterocycles. The van der Waals surface area contributed by atoms with Crippen LogP contribution in [0.1, 0.15) is 38.3 Å². The molecule has 2 rings (SSSR count). The summed E-state index contributed by atoms with van der Waals surface area (Å²) in [6.07, 6.45) is -3.60. The lowest BCUT2D eigenvalue weighted by Crippen LogP contribution is -2.43. The maximum atomic E-state index is 12.9. The molecule has 24 heavy (non-hydrogen) atoms. The first kappa shape index (κ1) is 20.8. The van der Waals surface area contributed by atoms with E-state index in [9.17, 15) is 18.0 Å². The third-order valence-electron chi connectivity index (χ3n) is 4.78. The molecule has 1 aromatic carbocycles. The van der Waals surface area contributed by atoms with Gasteiger partial charge in [0.05, 0.1) is 11.0 Å². The van der Waals surface area contributed by atoms with Gasteiger partial charge in [-0.05, 0) is 43.9 Å². The molecule has 0 aliphatic carbocycles. The van der Waals surface area contributed by atoms with E-state index in [1.54, 1.807) is 24.8 Å². The van der Waals surface area contributed by atoms with Crippen LogP contribution in [-0.2, 0) is 16.4 Å². The van der Waals surface area contributed by atoms with Crippen LogP contribution in [0.5, 0.6) is 0 Å². The smallest absolute Gasteiger partial charge is 0.341 e. The van der Waals surface area contributed by atoms with Gasteiger partial charge in [-0.3, -0.25) is 4.79 Å². The number of rotatable bonds is 3. The van der Waals surface area contributed by atoms with Crippen molar-refractivity contribution in [2.75, 3.05) is 19.6 Å². The predicted molar refractivity (Wildman–Crippen MR) is 90.1 cm³/mol. The summed E-state index contributed by atoms with van der Waals surface area (Å²) in [7, 11) is 0. The molecule has 1 atom stereocenters. The van der Waals surface area contributed by atoms with E-state index in [1.807, 2.05) is 6.92 Å². The number of hydrogen-bond donors (Lipinski definition) is 1. The number of hydrogen-bond acceptors (Lipinski definition) is 2. The van der Waals surface area contributed by atoms with Gasteiger partial charge in [-0.1, -0.05) is 25.1 Å². The van der Waals surface area contributed by atoms with Crippen LogP contribution in [0.15, 0.2) is 24.3 Å². The Kier molecular flexibility index (Phi) is 5.99. The topological polar surface area (TPSA) is 46.3 Å². The molecule has 0 bridgehead atoms. The number of benzene rings is 1. The van der Waals surface area contributed by atoms with Gasteiger partial charge in [-0.2, -0.15) is 13.2 Å². The Morgan fingerprint density at radius 3 is 2.38 bits per heavy atom. The lowest BCUT2D eigenvalue weighted by atomic mass is 9.82. The summed E-state index contributed by atoms with van der Waals surface area (Å²) in [6.45, 7) is 6.99. The Morgan fingerprint density at radius 1 is 1.29 bits per heavy atom. The summed E-state index contributed by atoms with van der Waals surface area (Å²) in [4.78, 5) is 14.6. The number of likely N-dealkylation sites (tertiary alicyclic amines) is 1. The molecule has 0 radical (unpaired) electrons. The summed E-state index contributed by atoms with van der Waals surface area (Å²) < 4.78 is 38.7. The third kappa shape index (κ3) is 4.03. The Morgan fingerprint density at radius 2 is 1.88 bits per heavy atom. The Hall–Kier alpha value is -1.27. The molecule has 2 N–H and O–H groups in total. The quantitative estimate of drug-likeness (QED) is 0.890. The first-order chi connectivity index (χ1) is 10.5. The van der Waals surface area contributed by atoms with Gasteiger partial charge in [0.1, 0.15) is 0 Å². The van der Waals surface area contributed by atoms with Crippen molar-refractivity contribution in [3.63, 3.8) is 0 Å². The van der Waals surface area contributed by atoms with Gasteiger partial charge in [0, 0.05) is 13.1 Å². The minimum atomic E-state index is -4.42. The first-order valence-corrected chi connectivity index (χ1v) is 7.67. The van der Waals surface area contributed by atoms with E-state index in [2.05, 4.69) is 0 Å². The fraction of sp³-hybridized carbons (Fsp3) is 0.588. The van der Waals surface area contributed by atoms with Crippen LogP contribution in [0, 0.1) is 5.41 Å². The number of halogens is 4. The molecule has 1 aliphatic heterocycles. The van der Waals surface area contributed by atoms with Crippen molar-refractivity contribution in [3.05, 3.63) is 35.4 Å². The molecule has 7 heteroatoms. The second-order valence-corrected chi connectivity index (χ2v) is 7.20. The predicted octanol–water partition coefficient (Wildman–Crippen LogP) is 3.60.